The zero-order valence-corrected chi connectivity index (χ0v) is 20.5. The van der Waals surface area contributed by atoms with Gasteiger partial charge in [0, 0.05) is 56.9 Å². The van der Waals surface area contributed by atoms with Gasteiger partial charge < -0.3 is 24.3 Å². The molecule has 0 aliphatic carbocycles. The third-order valence-electron chi connectivity index (χ3n) is 7.19. The van der Waals surface area contributed by atoms with E-state index in [4.69, 9.17) is 9.47 Å². The number of hydrogen-bond donors (Lipinski definition) is 1. The number of rotatable bonds is 9. The molecule has 2 saturated heterocycles. The molecule has 0 spiro atoms. The van der Waals surface area contributed by atoms with Crippen molar-refractivity contribution < 1.29 is 14.3 Å². The third kappa shape index (κ3) is 5.89. The van der Waals surface area contributed by atoms with Gasteiger partial charge in [-0.15, -0.1) is 0 Å². The van der Waals surface area contributed by atoms with Gasteiger partial charge in [0.1, 0.15) is 6.61 Å². The van der Waals surface area contributed by atoms with Crippen molar-refractivity contribution in [2.75, 3.05) is 37.7 Å². The molecule has 3 aromatic rings. The van der Waals surface area contributed by atoms with Crippen molar-refractivity contribution in [3.8, 4) is 0 Å². The van der Waals surface area contributed by atoms with Gasteiger partial charge in [-0.05, 0) is 62.1 Å². The fourth-order valence-electron chi connectivity index (χ4n) is 4.98. The molecule has 8 nitrogen and oxygen atoms in total. The van der Waals surface area contributed by atoms with E-state index in [9.17, 15) is 4.79 Å². The van der Waals surface area contributed by atoms with Crippen LogP contribution in [0.15, 0.2) is 42.7 Å². The Morgan fingerprint density at radius 1 is 1.14 bits per heavy atom. The van der Waals surface area contributed by atoms with Crippen LogP contribution in [0.5, 0.6) is 0 Å². The molecule has 1 unspecified atom stereocenters. The molecule has 2 aromatic heterocycles. The maximum Gasteiger partial charge on any atom is 0.225 e. The van der Waals surface area contributed by atoms with Crippen LogP contribution in [-0.4, -0.2) is 59.5 Å². The number of nitrogens with zero attached hydrogens (tertiary/aromatic N) is 4. The summed E-state index contributed by atoms with van der Waals surface area (Å²) < 4.78 is 13.4. The second kappa shape index (κ2) is 11.3. The summed E-state index contributed by atoms with van der Waals surface area (Å²) in [7, 11) is 2.13. The lowest BCUT2D eigenvalue weighted by molar-refractivity contribution is -0.155. The summed E-state index contributed by atoms with van der Waals surface area (Å²) in [5, 5.41) is 4.94. The highest BCUT2D eigenvalue weighted by Crippen LogP contribution is 2.22. The Bertz CT molecular complexity index is 1120. The van der Waals surface area contributed by atoms with E-state index in [1.54, 1.807) is 12.4 Å². The number of benzene rings is 1. The molecule has 0 bridgehead atoms. The summed E-state index contributed by atoms with van der Waals surface area (Å²) in [5.41, 5.74) is 3.07. The first-order valence-electron chi connectivity index (χ1n) is 12.7. The number of hydrogen-bond acceptors (Lipinski definition) is 7. The molecule has 2 aliphatic rings. The van der Waals surface area contributed by atoms with E-state index >= 15 is 0 Å². The Morgan fingerprint density at radius 2 is 1.94 bits per heavy atom. The van der Waals surface area contributed by atoms with Gasteiger partial charge in [-0.25, -0.2) is 9.97 Å². The molecule has 0 saturated carbocycles. The summed E-state index contributed by atoms with van der Waals surface area (Å²) in [4.78, 5) is 23.5. The zero-order chi connectivity index (χ0) is 24.0. The van der Waals surface area contributed by atoms with E-state index in [0.717, 1.165) is 58.3 Å². The lowest BCUT2D eigenvalue weighted by Gasteiger charge is -2.32. The number of nitrogens with one attached hydrogen (secondary N) is 1. The highest BCUT2D eigenvalue weighted by molar-refractivity contribution is 5.96. The van der Waals surface area contributed by atoms with E-state index < -0.39 is 0 Å². The molecule has 0 radical (unpaired) electrons. The average molecular weight is 478 g/mol. The van der Waals surface area contributed by atoms with Gasteiger partial charge in [0.05, 0.1) is 5.56 Å². The topological polar surface area (TPSA) is 81.5 Å². The number of aryl methyl sites for hydroxylation is 1. The Balaban J connectivity index is 1.05. The Labute approximate surface area is 206 Å². The first kappa shape index (κ1) is 23.9. The molecular formula is C27H35N5O3. The van der Waals surface area contributed by atoms with Crippen molar-refractivity contribution in [1.29, 1.82) is 0 Å². The normalized spacial score (nSPS) is 19.3. The van der Waals surface area contributed by atoms with Crippen molar-refractivity contribution in [2.24, 2.45) is 13.0 Å². The number of para-hydroxylation sites is 1. The smallest absolute Gasteiger partial charge is 0.225 e. The second-order valence-electron chi connectivity index (χ2n) is 9.62. The Morgan fingerprint density at radius 3 is 2.69 bits per heavy atom. The van der Waals surface area contributed by atoms with Crippen LogP contribution in [0.4, 0.5) is 5.95 Å². The van der Waals surface area contributed by atoms with E-state index in [-0.39, 0.29) is 18.7 Å². The molecule has 186 valence electrons. The SMILES string of the molecule is Cn1c(CNCC2CCN(c3ncc(C(=O)COC4CCCCO4)cn3)CC2)cc2ccccc21. The van der Waals surface area contributed by atoms with E-state index in [2.05, 4.69) is 62.1 Å². The first-order chi connectivity index (χ1) is 17.2. The summed E-state index contributed by atoms with van der Waals surface area (Å²) in [6.45, 7) is 4.44. The van der Waals surface area contributed by atoms with Crippen molar-refractivity contribution in [3.05, 3.63) is 54.0 Å². The predicted molar refractivity (Wildman–Crippen MR) is 135 cm³/mol. The molecular weight excluding hydrogens is 442 g/mol. The number of aromatic nitrogens is 3. The van der Waals surface area contributed by atoms with E-state index in [1.165, 1.54) is 16.6 Å². The molecule has 0 amide bonds. The molecule has 2 aliphatic heterocycles. The number of ether oxygens (including phenoxy) is 2. The van der Waals surface area contributed by atoms with Gasteiger partial charge in [-0.1, -0.05) is 18.2 Å². The number of Topliss-reactive ketones (excluding diaryl/α,β-unsaturated/α-hetero) is 1. The maximum atomic E-state index is 12.4. The van der Waals surface area contributed by atoms with Gasteiger partial charge >= 0.3 is 0 Å². The van der Waals surface area contributed by atoms with Crippen LogP contribution in [-0.2, 0) is 23.1 Å². The van der Waals surface area contributed by atoms with Crippen LogP contribution in [0, 0.1) is 5.92 Å². The number of piperidine rings is 1. The zero-order valence-electron chi connectivity index (χ0n) is 20.5. The average Bonchev–Trinajstić information content (AvgIpc) is 3.24. The summed E-state index contributed by atoms with van der Waals surface area (Å²) in [6, 6.07) is 10.8. The van der Waals surface area contributed by atoms with Crippen LogP contribution < -0.4 is 10.2 Å². The fourth-order valence-corrected chi connectivity index (χ4v) is 4.98. The highest BCUT2D eigenvalue weighted by atomic mass is 16.7. The predicted octanol–water partition coefficient (Wildman–Crippen LogP) is 3.70. The number of fused-ring (bicyclic) bond motifs is 1. The molecule has 1 atom stereocenters. The third-order valence-corrected chi connectivity index (χ3v) is 7.19. The molecule has 35 heavy (non-hydrogen) atoms. The summed E-state index contributed by atoms with van der Waals surface area (Å²) in [6.07, 6.45) is 8.15. The van der Waals surface area contributed by atoms with Crippen LogP contribution in [0.3, 0.4) is 0 Å². The largest absolute Gasteiger partial charge is 0.353 e. The summed E-state index contributed by atoms with van der Waals surface area (Å²) >= 11 is 0. The van der Waals surface area contributed by atoms with Crippen LogP contribution in [0.2, 0.25) is 0 Å². The molecule has 4 heterocycles. The Kier molecular flexibility index (Phi) is 7.71. The maximum absolute atomic E-state index is 12.4. The highest BCUT2D eigenvalue weighted by Gasteiger charge is 2.22. The van der Waals surface area contributed by atoms with Crippen molar-refractivity contribution in [2.45, 2.75) is 44.9 Å². The minimum atomic E-state index is -0.268. The molecule has 8 heteroatoms. The minimum absolute atomic E-state index is 0.00451. The first-order valence-corrected chi connectivity index (χ1v) is 12.7. The van der Waals surface area contributed by atoms with Crippen molar-refractivity contribution >= 4 is 22.6 Å². The number of carbonyl (C=O) groups is 1. The Hall–Kier alpha value is -2.81. The number of carbonyl (C=O) groups excluding carboxylic acids is 1. The van der Waals surface area contributed by atoms with Gasteiger partial charge in [-0.3, -0.25) is 4.79 Å². The monoisotopic (exact) mass is 477 g/mol. The minimum Gasteiger partial charge on any atom is -0.353 e. The van der Waals surface area contributed by atoms with Crippen molar-refractivity contribution in [3.63, 3.8) is 0 Å². The van der Waals surface area contributed by atoms with E-state index in [1.807, 2.05) is 0 Å². The van der Waals surface area contributed by atoms with E-state index in [0.29, 0.717) is 24.0 Å². The van der Waals surface area contributed by atoms with Gasteiger partial charge in [-0.2, -0.15) is 0 Å². The lowest BCUT2D eigenvalue weighted by Crippen LogP contribution is -2.38. The fraction of sp³-hybridized carbons (Fsp3) is 0.519. The number of anilines is 1. The number of ketones is 1. The van der Waals surface area contributed by atoms with Crippen LogP contribution in [0.1, 0.15) is 48.2 Å². The van der Waals surface area contributed by atoms with Crippen molar-refractivity contribution in [1.82, 2.24) is 19.9 Å². The summed E-state index contributed by atoms with van der Waals surface area (Å²) in [5.74, 6) is 1.22. The van der Waals surface area contributed by atoms with Gasteiger partial charge in [0.25, 0.3) is 0 Å². The molecule has 2 fully saturated rings. The molecule has 5 rings (SSSR count). The van der Waals surface area contributed by atoms with Gasteiger partial charge in [0.15, 0.2) is 12.1 Å². The molecule has 1 aromatic carbocycles. The standard InChI is InChI=1S/C27H35N5O3/c1-31-23(14-21-6-2-3-7-24(21)31)18-28-15-20-9-11-32(12-10-20)27-29-16-22(17-30-27)25(33)19-35-26-8-4-5-13-34-26/h2-3,6-7,14,16-17,20,26,28H,4-5,8-13,15,18-19H2,1H3. The van der Waals surface area contributed by atoms with Crippen LogP contribution in [0.25, 0.3) is 10.9 Å². The van der Waals surface area contributed by atoms with Gasteiger partial charge in [0.2, 0.25) is 5.95 Å². The second-order valence-corrected chi connectivity index (χ2v) is 9.62. The van der Waals surface area contributed by atoms with Crippen LogP contribution >= 0.6 is 0 Å². The lowest BCUT2D eigenvalue weighted by atomic mass is 9.97. The molecule has 1 N–H and O–H groups in total. The quantitative estimate of drug-likeness (QED) is 0.471.